The molecule has 3 nitrogen and oxygen atoms in total. The third kappa shape index (κ3) is 4.04. The molecule has 1 N–H and O–H groups in total. The maximum Gasteiger partial charge on any atom is 0.0576 e. The van der Waals surface area contributed by atoms with Crippen molar-refractivity contribution in [2.75, 3.05) is 32.8 Å². The van der Waals surface area contributed by atoms with Crippen LogP contribution in [0.5, 0.6) is 0 Å². The minimum Gasteiger partial charge on any atom is -0.378 e. The van der Waals surface area contributed by atoms with Crippen molar-refractivity contribution in [1.29, 1.82) is 0 Å². The molecule has 0 radical (unpaired) electrons. The number of nitrogens with one attached hydrogen (secondary N) is 1. The van der Waals surface area contributed by atoms with Crippen LogP contribution < -0.4 is 5.32 Å². The molecule has 2 atom stereocenters. The molecule has 2 unspecified atom stereocenters. The molecule has 16 heavy (non-hydrogen) atoms. The Bertz CT molecular complexity index is 192. The van der Waals surface area contributed by atoms with Crippen molar-refractivity contribution in [2.24, 2.45) is 0 Å². The summed E-state index contributed by atoms with van der Waals surface area (Å²) in [7, 11) is 0. The Morgan fingerprint density at radius 3 is 3.12 bits per heavy atom. The number of rotatable bonds is 4. The summed E-state index contributed by atoms with van der Waals surface area (Å²) in [5, 5.41) is 3.54. The summed E-state index contributed by atoms with van der Waals surface area (Å²) in [5.41, 5.74) is 0. The van der Waals surface area contributed by atoms with E-state index in [1.165, 1.54) is 58.3 Å². The molecule has 0 amide bonds. The van der Waals surface area contributed by atoms with Gasteiger partial charge in [0, 0.05) is 19.2 Å². The predicted molar refractivity (Wildman–Crippen MR) is 66.7 cm³/mol. The van der Waals surface area contributed by atoms with Gasteiger partial charge >= 0.3 is 0 Å². The van der Waals surface area contributed by atoms with Gasteiger partial charge in [0.15, 0.2) is 0 Å². The molecule has 2 aliphatic rings. The van der Waals surface area contributed by atoms with Crippen molar-refractivity contribution in [2.45, 2.75) is 51.2 Å². The molecule has 2 saturated heterocycles. The summed E-state index contributed by atoms with van der Waals surface area (Å²) in [6.07, 6.45) is 7.00. The van der Waals surface area contributed by atoms with Gasteiger partial charge in [0.05, 0.1) is 6.10 Å². The van der Waals surface area contributed by atoms with Gasteiger partial charge < -0.3 is 15.0 Å². The largest absolute Gasteiger partial charge is 0.378 e. The third-order valence-electron chi connectivity index (χ3n) is 3.70. The number of hydrogen-bond acceptors (Lipinski definition) is 3. The first-order valence-corrected chi connectivity index (χ1v) is 6.92. The topological polar surface area (TPSA) is 24.5 Å². The van der Waals surface area contributed by atoms with E-state index >= 15 is 0 Å². The van der Waals surface area contributed by atoms with Crippen LogP contribution in [0.3, 0.4) is 0 Å². The van der Waals surface area contributed by atoms with Crippen LogP contribution in [0.2, 0.25) is 0 Å². The SMILES string of the molecule is CC1CN(CCCC2CCCO2)CCCN1. The van der Waals surface area contributed by atoms with Gasteiger partial charge in [-0.15, -0.1) is 0 Å². The molecular formula is C13H26N2O. The molecule has 0 saturated carbocycles. The monoisotopic (exact) mass is 226 g/mol. The van der Waals surface area contributed by atoms with Gasteiger partial charge in [0.25, 0.3) is 0 Å². The van der Waals surface area contributed by atoms with E-state index in [2.05, 4.69) is 17.1 Å². The van der Waals surface area contributed by atoms with Crippen molar-refractivity contribution in [3.05, 3.63) is 0 Å². The lowest BCUT2D eigenvalue weighted by molar-refractivity contribution is 0.0987. The standard InChI is InChI=1S/C13H26N2O/c1-12-11-15(9-4-7-14-12)8-2-5-13-6-3-10-16-13/h12-14H,2-11H2,1H3. The summed E-state index contributed by atoms with van der Waals surface area (Å²) in [6.45, 7) is 8.21. The minimum atomic E-state index is 0.572. The fourth-order valence-corrected chi connectivity index (χ4v) is 2.81. The fraction of sp³-hybridized carbons (Fsp3) is 1.00. The Morgan fingerprint density at radius 1 is 1.38 bits per heavy atom. The van der Waals surface area contributed by atoms with Crippen LogP contribution in [0.4, 0.5) is 0 Å². The molecule has 2 fully saturated rings. The first-order chi connectivity index (χ1) is 7.84. The van der Waals surface area contributed by atoms with Gasteiger partial charge in [0.2, 0.25) is 0 Å². The Morgan fingerprint density at radius 2 is 2.31 bits per heavy atom. The van der Waals surface area contributed by atoms with Gasteiger partial charge in [-0.25, -0.2) is 0 Å². The van der Waals surface area contributed by atoms with Gasteiger partial charge in [-0.3, -0.25) is 0 Å². The summed E-state index contributed by atoms with van der Waals surface area (Å²) >= 11 is 0. The van der Waals surface area contributed by atoms with Crippen LogP contribution in [-0.2, 0) is 4.74 Å². The van der Waals surface area contributed by atoms with Crippen molar-refractivity contribution in [3.8, 4) is 0 Å². The fourth-order valence-electron chi connectivity index (χ4n) is 2.81. The highest BCUT2D eigenvalue weighted by atomic mass is 16.5. The highest BCUT2D eigenvalue weighted by molar-refractivity contribution is 4.73. The third-order valence-corrected chi connectivity index (χ3v) is 3.70. The molecule has 2 heterocycles. The molecular weight excluding hydrogens is 200 g/mol. The first kappa shape index (κ1) is 12.3. The van der Waals surface area contributed by atoms with Gasteiger partial charge in [-0.1, -0.05) is 0 Å². The highest BCUT2D eigenvalue weighted by Gasteiger charge is 2.17. The van der Waals surface area contributed by atoms with Crippen LogP contribution in [0, 0.1) is 0 Å². The lowest BCUT2D eigenvalue weighted by atomic mass is 10.1. The maximum atomic E-state index is 5.66. The molecule has 2 rings (SSSR count). The van der Waals surface area contributed by atoms with Crippen molar-refractivity contribution < 1.29 is 4.74 Å². The quantitative estimate of drug-likeness (QED) is 0.788. The van der Waals surface area contributed by atoms with E-state index in [-0.39, 0.29) is 0 Å². The molecule has 0 aromatic heterocycles. The second kappa shape index (κ2) is 6.58. The zero-order chi connectivity index (χ0) is 11.2. The van der Waals surface area contributed by atoms with E-state index in [9.17, 15) is 0 Å². The van der Waals surface area contributed by atoms with Gasteiger partial charge in [-0.2, -0.15) is 0 Å². The molecule has 0 aliphatic carbocycles. The Balaban J connectivity index is 1.60. The molecule has 0 aromatic carbocycles. The van der Waals surface area contributed by atoms with E-state index in [0.717, 1.165) is 6.61 Å². The predicted octanol–water partition coefficient (Wildman–Crippen LogP) is 1.63. The van der Waals surface area contributed by atoms with Crippen molar-refractivity contribution >= 4 is 0 Å². The second-order valence-corrected chi connectivity index (χ2v) is 5.29. The average molecular weight is 226 g/mol. The second-order valence-electron chi connectivity index (χ2n) is 5.29. The Kier molecular flexibility index (Phi) is 5.07. The molecule has 3 heteroatoms. The Labute approximate surface area is 99.5 Å². The van der Waals surface area contributed by atoms with E-state index in [4.69, 9.17) is 4.74 Å². The van der Waals surface area contributed by atoms with Crippen LogP contribution in [-0.4, -0.2) is 49.8 Å². The smallest absolute Gasteiger partial charge is 0.0576 e. The first-order valence-electron chi connectivity index (χ1n) is 6.92. The average Bonchev–Trinajstić information content (AvgIpc) is 2.69. The molecule has 94 valence electrons. The normalized spacial score (nSPS) is 32.8. The summed E-state index contributed by atoms with van der Waals surface area (Å²) in [6, 6.07) is 0.658. The van der Waals surface area contributed by atoms with Crippen LogP contribution in [0.1, 0.15) is 39.0 Å². The zero-order valence-electron chi connectivity index (χ0n) is 10.6. The van der Waals surface area contributed by atoms with E-state index in [1.54, 1.807) is 0 Å². The lowest BCUT2D eigenvalue weighted by Crippen LogP contribution is -2.35. The molecule has 0 spiro atoms. The van der Waals surface area contributed by atoms with Crippen LogP contribution >= 0.6 is 0 Å². The lowest BCUT2D eigenvalue weighted by Gasteiger charge is -2.22. The van der Waals surface area contributed by atoms with Gasteiger partial charge in [-0.05, 0) is 58.7 Å². The molecule has 0 aromatic rings. The summed E-state index contributed by atoms with van der Waals surface area (Å²) in [5.74, 6) is 0. The summed E-state index contributed by atoms with van der Waals surface area (Å²) in [4.78, 5) is 2.61. The zero-order valence-corrected chi connectivity index (χ0v) is 10.6. The van der Waals surface area contributed by atoms with Crippen molar-refractivity contribution in [1.82, 2.24) is 10.2 Å². The number of nitrogens with zero attached hydrogens (tertiary/aromatic N) is 1. The minimum absolute atomic E-state index is 0.572. The molecule has 2 aliphatic heterocycles. The van der Waals surface area contributed by atoms with Crippen LogP contribution in [0.25, 0.3) is 0 Å². The molecule has 0 bridgehead atoms. The van der Waals surface area contributed by atoms with Crippen molar-refractivity contribution in [3.63, 3.8) is 0 Å². The van der Waals surface area contributed by atoms with E-state index < -0.39 is 0 Å². The highest BCUT2D eigenvalue weighted by Crippen LogP contribution is 2.17. The maximum absolute atomic E-state index is 5.66. The van der Waals surface area contributed by atoms with E-state index in [1.807, 2.05) is 0 Å². The van der Waals surface area contributed by atoms with Crippen LogP contribution in [0.15, 0.2) is 0 Å². The summed E-state index contributed by atoms with van der Waals surface area (Å²) < 4.78 is 5.66. The van der Waals surface area contributed by atoms with E-state index in [0.29, 0.717) is 12.1 Å². The Hall–Kier alpha value is -0.120. The van der Waals surface area contributed by atoms with Gasteiger partial charge in [0.1, 0.15) is 0 Å². The number of ether oxygens (including phenoxy) is 1. The number of hydrogen-bond donors (Lipinski definition) is 1.